The number of alkyl halides is 1. The summed E-state index contributed by atoms with van der Waals surface area (Å²) in [4.78, 5) is 11.4. The summed E-state index contributed by atoms with van der Waals surface area (Å²) in [5.74, 6) is 1.16. The molecule has 1 amide bonds. The number of halogens is 1. The Morgan fingerprint density at radius 2 is 2.33 bits per heavy atom. The van der Waals surface area contributed by atoms with Crippen LogP contribution in [0.15, 0.2) is 0 Å². The Morgan fingerprint density at radius 3 is 2.67 bits per heavy atom. The maximum Gasteiger partial charge on any atom is 0.223 e. The average molecular weight is 234 g/mol. The van der Waals surface area contributed by atoms with Crippen LogP contribution in [0.3, 0.4) is 0 Å². The highest BCUT2D eigenvalue weighted by Crippen LogP contribution is 2.37. The molecule has 3 unspecified atom stereocenters. The summed E-state index contributed by atoms with van der Waals surface area (Å²) in [6.07, 6.45) is 2.07. The molecule has 0 radical (unpaired) electrons. The van der Waals surface area contributed by atoms with Gasteiger partial charge in [-0.2, -0.15) is 0 Å². The first kappa shape index (κ1) is 10.0. The first-order valence-corrected chi connectivity index (χ1v) is 5.67. The first-order valence-electron chi connectivity index (χ1n) is 4.55. The molecular weight excluding hydrogens is 218 g/mol. The molecule has 1 aliphatic carbocycles. The van der Waals surface area contributed by atoms with Crippen LogP contribution in [-0.2, 0) is 4.79 Å². The molecule has 1 saturated carbocycles. The molecule has 0 heterocycles. The molecular formula is C9H16BrNO. The molecule has 0 bridgehead atoms. The van der Waals surface area contributed by atoms with E-state index in [1.54, 1.807) is 0 Å². The lowest BCUT2D eigenvalue weighted by Crippen LogP contribution is -2.36. The molecule has 3 heteroatoms. The van der Waals surface area contributed by atoms with Crippen LogP contribution in [0.25, 0.3) is 0 Å². The molecule has 0 aromatic carbocycles. The van der Waals surface area contributed by atoms with Gasteiger partial charge in [0.1, 0.15) is 0 Å². The van der Waals surface area contributed by atoms with Crippen molar-refractivity contribution in [2.75, 3.05) is 5.33 Å². The summed E-state index contributed by atoms with van der Waals surface area (Å²) in [5.41, 5.74) is 0. The molecule has 12 heavy (non-hydrogen) atoms. The van der Waals surface area contributed by atoms with Gasteiger partial charge >= 0.3 is 0 Å². The highest BCUT2D eigenvalue weighted by atomic mass is 79.9. The van der Waals surface area contributed by atoms with Gasteiger partial charge in [0.25, 0.3) is 0 Å². The Hall–Kier alpha value is -0.0500. The monoisotopic (exact) mass is 233 g/mol. The number of hydrogen-bond donors (Lipinski definition) is 1. The number of amides is 1. The van der Waals surface area contributed by atoms with Crippen LogP contribution in [0.5, 0.6) is 0 Å². The van der Waals surface area contributed by atoms with Crippen LogP contribution in [0.1, 0.15) is 26.7 Å². The van der Waals surface area contributed by atoms with Crippen molar-refractivity contribution >= 4 is 21.8 Å². The lowest BCUT2D eigenvalue weighted by Gasteiger charge is -2.13. The molecule has 1 fully saturated rings. The van der Waals surface area contributed by atoms with Crippen LogP contribution >= 0.6 is 15.9 Å². The van der Waals surface area contributed by atoms with Gasteiger partial charge in [0.2, 0.25) is 5.91 Å². The van der Waals surface area contributed by atoms with Gasteiger partial charge in [-0.1, -0.05) is 29.8 Å². The Bertz CT molecular complexity index is 168. The fourth-order valence-electron chi connectivity index (χ4n) is 1.25. The fraction of sp³-hybridized carbons (Fsp3) is 0.889. The predicted molar refractivity (Wildman–Crippen MR) is 53.3 cm³/mol. The van der Waals surface area contributed by atoms with E-state index in [1.165, 1.54) is 0 Å². The van der Waals surface area contributed by atoms with Gasteiger partial charge in [0, 0.05) is 17.3 Å². The third-order valence-electron chi connectivity index (χ3n) is 2.47. The summed E-state index contributed by atoms with van der Waals surface area (Å²) in [6, 6.07) is 0.310. The van der Waals surface area contributed by atoms with Crippen molar-refractivity contribution in [2.45, 2.75) is 32.7 Å². The Kier molecular flexibility index (Phi) is 3.56. The van der Waals surface area contributed by atoms with E-state index in [4.69, 9.17) is 0 Å². The van der Waals surface area contributed by atoms with Gasteiger partial charge in [0.15, 0.2) is 0 Å². The molecule has 0 aliphatic heterocycles. The van der Waals surface area contributed by atoms with Gasteiger partial charge in [-0.15, -0.1) is 0 Å². The number of rotatable bonds is 4. The van der Waals surface area contributed by atoms with Gasteiger partial charge < -0.3 is 5.32 Å². The minimum atomic E-state index is 0.244. The van der Waals surface area contributed by atoms with Crippen molar-refractivity contribution in [1.82, 2.24) is 5.32 Å². The minimum Gasteiger partial charge on any atom is -0.352 e. The van der Waals surface area contributed by atoms with E-state index in [0.717, 1.165) is 18.2 Å². The van der Waals surface area contributed by atoms with Crippen LogP contribution < -0.4 is 5.32 Å². The molecule has 0 spiro atoms. The molecule has 70 valence electrons. The molecule has 0 aromatic rings. The standard InChI is InChI=1S/C9H16BrNO/c1-3-7(5-10)11-9(12)8-4-6(8)2/h6-8H,3-5H2,1-2H3,(H,11,12). The van der Waals surface area contributed by atoms with Crippen LogP contribution in [-0.4, -0.2) is 17.3 Å². The van der Waals surface area contributed by atoms with Crippen molar-refractivity contribution in [3.63, 3.8) is 0 Å². The Labute approximate surface area is 82.2 Å². The molecule has 0 aromatic heterocycles. The Morgan fingerprint density at radius 1 is 1.75 bits per heavy atom. The normalized spacial score (nSPS) is 29.6. The van der Waals surface area contributed by atoms with Crippen molar-refractivity contribution in [2.24, 2.45) is 11.8 Å². The van der Waals surface area contributed by atoms with Crippen LogP contribution in [0, 0.1) is 11.8 Å². The van der Waals surface area contributed by atoms with Crippen LogP contribution in [0.4, 0.5) is 0 Å². The molecule has 3 atom stereocenters. The lowest BCUT2D eigenvalue weighted by atomic mass is 10.2. The van der Waals surface area contributed by atoms with E-state index in [9.17, 15) is 4.79 Å². The van der Waals surface area contributed by atoms with Crippen molar-refractivity contribution < 1.29 is 4.79 Å². The third kappa shape index (κ3) is 2.47. The zero-order valence-corrected chi connectivity index (χ0v) is 9.23. The Balaban J connectivity index is 2.25. The van der Waals surface area contributed by atoms with Gasteiger partial charge in [-0.05, 0) is 18.8 Å². The number of nitrogens with one attached hydrogen (secondary N) is 1. The number of hydrogen-bond acceptors (Lipinski definition) is 1. The smallest absolute Gasteiger partial charge is 0.223 e. The minimum absolute atomic E-state index is 0.244. The quantitative estimate of drug-likeness (QED) is 0.740. The average Bonchev–Trinajstić information content (AvgIpc) is 2.78. The summed E-state index contributed by atoms with van der Waals surface area (Å²) in [5, 5.41) is 3.88. The zero-order valence-electron chi connectivity index (χ0n) is 7.64. The maximum atomic E-state index is 11.4. The molecule has 2 nitrogen and oxygen atoms in total. The third-order valence-corrected chi connectivity index (χ3v) is 3.25. The van der Waals surface area contributed by atoms with E-state index < -0.39 is 0 Å². The van der Waals surface area contributed by atoms with E-state index >= 15 is 0 Å². The summed E-state index contributed by atoms with van der Waals surface area (Å²) >= 11 is 3.37. The fourth-order valence-corrected chi connectivity index (χ4v) is 1.87. The van der Waals surface area contributed by atoms with Crippen molar-refractivity contribution in [3.05, 3.63) is 0 Å². The maximum absolute atomic E-state index is 11.4. The topological polar surface area (TPSA) is 29.1 Å². The predicted octanol–water partition coefficient (Wildman–Crippen LogP) is 1.93. The van der Waals surface area contributed by atoms with E-state index in [-0.39, 0.29) is 5.91 Å². The van der Waals surface area contributed by atoms with Crippen molar-refractivity contribution in [3.8, 4) is 0 Å². The van der Waals surface area contributed by atoms with E-state index in [1.807, 2.05) is 0 Å². The first-order chi connectivity index (χ1) is 5.69. The van der Waals surface area contributed by atoms with Crippen LogP contribution in [0.2, 0.25) is 0 Å². The number of carbonyl (C=O) groups excluding carboxylic acids is 1. The lowest BCUT2D eigenvalue weighted by molar-refractivity contribution is -0.123. The second-order valence-corrected chi connectivity index (χ2v) is 4.24. The second-order valence-electron chi connectivity index (χ2n) is 3.59. The largest absolute Gasteiger partial charge is 0.352 e. The van der Waals surface area contributed by atoms with Gasteiger partial charge in [0.05, 0.1) is 0 Å². The zero-order chi connectivity index (χ0) is 9.14. The number of carbonyl (C=O) groups is 1. The molecule has 1 rings (SSSR count). The summed E-state index contributed by atoms with van der Waals surface area (Å²) in [6.45, 7) is 4.21. The summed E-state index contributed by atoms with van der Waals surface area (Å²) < 4.78 is 0. The molecule has 1 N–H and O–H groups in total. The SMILES string of the molecule is CCC(CBr)NC(=O)C1CC1C. The second kappa shape index (κ2) is 4.26. The molecule has 0 saturated heterocycles. The van der Waals surface area contributed by atoms with Crippen molar-refractivity contribution in [1.29, 1.82) is 0 Å². The summed E-state index contributed by atoms with van der Waals surface area (Å²) in [7, 11) is 0. The van der Waals surface area contributed by atoms with E-state index in [0.29, 0.717) is 17.9 Å². The highest BCUT2D eigenvalue weighted by Gasteiger charge is 2.39. The molecule has 1 aliphatic rings. The van der Waals surface area contributed by atoms with Gasteiger partial charge in [-0.3, -0.25) is 4.79 Å². The van der Waals surface area contributed by atoms with Gasteiger partial charge in [-0.25, -0.2) is 0 Å². The highest BCUT2D eigenvalue weighted by molar-refractivity contribution is 9.09. The van der Waals surface area contributed by atoms with E-state index in [2.05, 4.69) is 35.1 Å².